The van der Waals surface area contributed by atoms with Crippen LogP contribution in [0.2, 0.25) is 0 Å². The van der Waals surface area contributed by atoms with Crippen LogP contribution in [0.5, 0.6) is 0 Å². The van der Waals surface area contributed by atoms with E-state index in [2.05, 4.69) is 26.0 Å². The van der Waals surface area contributed by atoms with Crippen LogP contribution in [0.15, 0.2) is 56.0 Å². The van der Waals surface area contributed by atoms with E-state index < -0.39 is 0 Å². The highest BCUT2D eigenvalue weighted by Gasteiger charge is 2.38. The minimum Gasteiger partial charge on any atom is -0.288 e. The summed E-state index contributed by atoms with van der Waals surface area (Å²) in [5, 5.41) is 0. The van der Waals surface area contributed by atoms with Gasteiger partial charge in [0.05, 0.1) is 9.81 Å². The van der Waals surface area contributed by atoms with Crippen molar-refractivity contribution in [2.75, 3.05) is 0 Å². The number of carbonyl (C=O) groups excluding carboxylic acids is 2. The van der Waals surface area contributed by atoms with Crippen molar-refractivity contribution in [2.45, 2.75) is 23.6 Å². The van der Waals surface area contributed by atoms with Crippen LogP contribution in [0.4, 0.5) is 0 Å². The van der Waals surface area contributed by atoms with Gasteiger partial charge in [-0.25, -0.2) is 0 Å². The highest BCUT2D eigenvalue weighted by atomic mass is 32.2. The van der Waals surface area contributed by atoms with Gasteiger partial charge >= 0.3 is 0 Å². The molecule has 0 amide bonds. The molecule has 4 heteroatoms. The molecule has 108 valence electrons. The molecule has 1 heterocycles. The quantitative estimate of drug-likeness (QED) is 0.515. The molecular weight excluding hydrogens is 312 g/mol. The van der Waals surface area contributed by atoms with E-state index in [9.17, 15) is 9.59 Å². The Hall–Kier alpha value is -1.78. The minimum atomic E-state index is -0.140. The van der Waals surface area contributed by atoms with Crippen molar-refractivity contribution in [1.29, 1.82) is 0 Å². The highest BCUT2D eigenvalue weighted by Crippen LogP contribution is 2.55. The molecule has 0 unspecified atom stereocenters. The van der Waals surface area contributed by atoms with Gasteiger partial charge in [-0.15, -0.1) is 0 Å². The smallest absolute Gasteiger partial charge is 0.199 e. The summed E-state index contributed by atoms with van der Waals surface area (Å²) in [5.74, 6) is -0.280. The van der Waals surface area contributed by atoms with Crippen LogP contribution in [-0.4, -0.2) is 11.6 Å². The summed E-state index contributed by atoms with van der Waals surface area (Å²) in [7, 11) is 0. The van der Waals surface area contributed by atoms with Crippen molar-refractivity contribution in [1.82, 2.24) is 0 Å². The highest BCUT2D eigenvalue weighted by molar-refractivity contribution is 8.24. The fourth-order valence-electron chi connectivity index (χ4n) is 2.76. The van der Waals surface area contributed by atoms with Gasteiger partial charge in [-0.2, -0.15) is 0 Å². The first-order valence-electron chi connectivity index (χ1n) is 6.96. The summed E-state index contributed by atoms with van der Waals surface area (Å²) in [6, 6.07) is 11.2. The number of carbonyl (C=O) groups is 2. The second-order valence-corrected chi connectivity index (χ2v) is 7.73. The van der Waals surface area contributed by atoms with Crippen molar-refractivity contribution < 1.29 is 9.59 Å². The first-order chi connectivity index (χ1) is 10.6. The lowest BCUT2D eigenvalue weighted by molar-refractivity contribution is 0.0989. The number of thioether (sulfide) groups is 2. The van der Waals surface area contributed by atoms with Crippen LogP contribution in [0.25, 0.3) is 0 Å². The summed E-state index contributed by atoms with van der Waals surface area (Å²) >= 11 is 3.11. The van der Waals surface area contributed by atoms with E-state index in [1.165, 1.54) is 20.9 Å². The predicted octanol–water partition coefficient (Wildman–Crippen LogP) is 4.79. The molecule has 0 saturated heterocycles. The third kappa shape index (κ3) is 1.84. The molecule has 1 aliphatic heterocycles. The monoisotopic (exact) mass is 324 g/mol. The topological polar surface area (TPSA) is 34.1 Å². The van der Waals surface area contributed by atoms with Crippen LogP contribution in [0, 0.1) is 13.8 Å². The minimum absolute atomic E-state index is 0.140. The van der Waals surface area contributed by atoms with Crippen molar-refractivity contribution in [3.8, 4) is 0 Å². The van der Waals surface area contributed by atoms with Gasteiger partial charge in [0.25, 0.3) is 0 Å². The zero-order chi connectivity index (χ0) is 15.4. The molecular formula is C18H12O2S2. The molecule has 0 saturated carbocycles. The van der Waals surface area contributed by atoms with Gasteiger partial charge in [0.2, 0.25) is 0 Å². The predicted molar refractivity (Wildman–Crippen MR) is 89.8 cm³/mol. The molecule has 0 spiro atoms. The Bertz CT molecular complexity index is 824. The molecule has 0 aromatic heterocycles. The Morgan fingerprint density at radius 3 is 1.64 bits per heavy atom. The second-order valence-electron chi connectivity index (χ2n) is 5.43. The van der Waals surface area contributed by atoms with Gasteiger partial charge in [0.15, 0.2) is 11.6 Å². The van der Waals surface area contributed by atoms with Crippen LogP contribution in [0.1, 0.15) is 31.8 Å². The lowest BCUT2D eigenvalue weighted by Crippen LogP contribution is -2.01. The number of allylic oxidation sites excluding steroid dienone is 1. The Labute approximate surface area is 137 Å². The summed E-state index contributed by atoms with van der Waals surface area (Å²) in [6.45, 7) is 4.12. The van der Waals surface area contributed by atoms with Crippen molar-refractivity contribution in [2.24, 2.45) is 0 Å². The second kappa shape index (κ2) is 4.86. The van der Waals surface area contributed by atoms with Crippen molar-refractivity contribution in [3.63, 3.8) is 0 Å². The summed E-state index contributed by atoms with van der Waals surface area (Å²) < 4.78 is 0.818. The molecule has 0 bridgehead atoms. The summed E-state index contributed by atoms with van der Waals surface area (Å²) in [4.78, 5) is 27.6. The maximum absolute atomic E-state index is 12.6. The van der Waals surface area contributed by atoms with Crippen LogP contribution >= 0.6 is 23.5 Å². The van der Waals surface area contributed by atoms with Crippen molar-refractivity contribution >= 4 is 35.1 Å². The summed E-state index contributed by atoms with van der Waals surface area (Å²) in [5.41, 5.74) is 3.76. The molecule has 1 aliphatic carbocycles. The molecule has 2 aromatic carbocycles. The van der Waals surface area contributed by atoms with Crippen molar-refractivity contribution in [3.05, 3.63) is 68.5 Å². The molecule has 0 radical (unpaired) electrons. The maximum atomic E-state index is 12.6. The number of fused-ring (bicyclic) bond motifs is 2. The summed E-state index contributed by atoms with van der Waals surface area (Å²) in [6.07, 6.45) is 0. The lowest BCUT2D eigenvalue weighted by atomic mass is 10.1. The van der Waals surface area contributed by atoms with Gasteiger partial charge in [0, 0.05) is 20.9 Å². The molecule has 4 rings (SSSR count). The lowest BCUT2D eigenvalue weighted by Gasteiger charge is -2.03. The Morgan fingerprint density at radius 2 is 1.18 bits per heavy atom. The van der Waals surface area contributed by atoms with E-state index in [4.69, 9.17) is 0 Å². The molecule has 2 aromatic rings. The third-order valence-corrected chi connectivity index (χ3v) is 6.84. The largest absolute Gasteiger partial charge is 0.288 e. The van der Waals surface area contributed by atoms with Gasteiger partial charge in [-0.05, 0) is 25.0 Å². The Morgan fingerprint density at radius 1 is 0.727 bits per heavy atom. The van der Waals surface area contributed by atoms with Gasteiger partial charge in [0.1, 0.15) is 0 Å². The Balaban J connectivity index is 1.86. The van der Waals surface area contributed by atoms with Gasteiger partial charge < -0.3 is 0 Å². The van der Waals surface area contributed by atoms with E-state index in [0.29, 0.717) is 16.7 Å². The van der Waals surface area contributed by atoms with E-state index >= 15 is 0 Å². The molecule has 22 heavy (non-hydrogen) atoms. The number of ketones is 2. The van der Waals surface area contributed by atoms with E-state index in [1.807, 2.05) is 0 Å². The average Bonchev–Trinajstić information content (AvgIpc) is 3.06. The first kappa shape index (κ1) is 13.9. The zero-order valence-corrected chi connectivity index (χ0v) is 13.7. The molecule has 2 aliphatic rings. The SMILES string of the molecule is Cc1ccc(C)c2c1SC(=C1C(=O)c3ccccc3C1=O)S2. The van der Waals surface area contributed by atoms with Crippen LogP contribution in [0.3, 0.4) is 0 Å². The normalized spacial score (nSPS) is 16.3. The molecule has 2 nitrogen and oxygen atoms in total. The van der Waals surface area contributed by atoms with Crippen LogP contribution < -0.4 is 0 Å². The number of rotatable bonds is 0. The van der Waals surface area contributed by atoms with E-state index in [-0.39, 0.29) is 11.6 Å². The van der Waals surface area contributed by atoms with Gasteiger partial charge in [-0.1, -0.05) is 59.9 Å². The fourth-order valence-corrected chi connectivity index (χ4v) is 5.59. The zero-order valence-electron chi connectivity index (χ0n) is 12.1. The van der Waals surface area contributed by atoms with Gasteiger partial charge in [-0.3, -0.25) is 9.59 Å². The molecule has 0 N–H and O–H groups in total. The number of hydrogen-bond acceptors (Lipinski definition) is 4. The molecule has 0 atom stereocenters. The maximum Gasteiger partial charge on any atom is 0.199 e. The standard InChI is InChI=1S/C18H12O2S2/c1-9-7-8-10(2)17-16(9)21-18(22-17)13-14(19)11-5-3-4-6-12(11)15(13)20/h3-8H,1-2H3. The fraction of sp³-hybridized carbons (Fsp3) is 0.111. The Kier molecular flexibility index (Phi) is 3.06. The first-order valence-corrected chi connectivity index (χ1v) is 8.60. The number of benzene rings is 2. The number of hydrogen-bond donors (Lipinski definition) is 0. The third-order valence-electron chi connectivity index (χ3n) is 3.97. The van der Waals surface area contributed by atoms with E-state index in [1.54, 1.807) is 47.8 Å². The molecule has 0 fully saturated rings. The average molecular weight is 324 g/mol. The van der Waals surface area contributed by atoms with Crippen LogP contribution in [-0.2, 0) is 0 Å². The van der Waals surface area contributed by atoms with E-state index in [0.717, 1.165) is 4.24 Å². The number of Topliss-reactive ketones (excluding diaryl/α,β-unsaturated/α-hetero) is 2. The number of aryl methyl sites for hydroxylation is 2.